The minimum atomic E-state index is -0.930. The van der Waals surface area contributed by atoms with Crippen LogP contribution in [0.25, 0.3) is 11.1 Å². The lowest BCUT2D eigenvalue weighted by molar-refractivity contribution is -0.138. The number of nitrogens with one attached hydrogen (secondary N) is 2. The summed E-state index contributed by atoms with van der Waals surface area (Å²) in [4.78, 5) is 36.3. The van der Waals surface area contributed by atoms with Crippen molar-refractivity contribution < 1.29 is 24.2 Å². The Hall–Kier alpha value is -3.35. The maximum Gasteiger partial charge on any atom is 0.407 e. The zero-order chi connectivity index (χ0) is 24.2. The molecule has 1 saturated carbocycles. The molecule has 0 spiro atoms. The molecule has 3 N–H and O–H groups in total. The molecular formula is C27H32N2O5. The summed E-state index contributed by atoms with van der Waals surface area (Å²) in [6.45, 7) is 4.04. The molecule has 0 radical (unpaired) electrons. The Kier molecular flexibility index (Phi) is 7.20. The first-order valence-electron chi connectivity index (χ1n) is 12.0. The van der Waals surface area contributed by atoms with Gasteiger partial charge in [-0.3, -0.25) is 9.59 Å². The summed E-state index contributed by atoms with van der Waals surface area (Å²) in [6, 6.07) is 15.8. The normalized spacial score (nSPS) is 19.9. The molecule has 4 rings (SSSR count). The predicted molar refractivity (Wildman–Crippen MR) is 128 cm³/mol. The highest BCUT2D eigenvalue weighted by molar-refractivity contribution is 5.81. The van der Waals surface area contributed by atoms with Crippen molar-refractivity contribution in [1.29, 1.82) is 0 Å². The van der Waals surface area contributed by atoms with Crippen LogP contribution in [0.2, 0.25) is 0 Å². The Bertz CT molecular complexity index is 1020. The molecule has 2 aliphatic carbocycles. The third kappa shape index (κ3) is 5.24. The highest BCUT2D eigenvalue weighted by atomic mass is 16.5. The molecule has 0 heterocycles. The van der Waals surface area contributed by atoms with Gasteiger partial charge in [-0.25, -0.2) is 4.79 Å². The lowest BCUT2D eigenvalue weighted by Gasteiger charge is -2.22. The van der Waals surface area contributed by atoms with Gasteiger partial charge in [-0.05, 0) is 47.4 Å². The Morgan fingerprint density at radius 2 is 1.62 bits per heavy atom. The van der Waals surface area contributed by atoms with Crippen molar-refractivity contribution in [3.8, 4) is 11.1 Å². The van der Waals surface area contributed by atoms with Crippen LogP contribution in [0.15, 0.2) is 48.5 Å². The first kappa shape index (κ1) is 23.8. The summed E-state index contributed by atoms with van der Waals surface area (Å²) in [5.41, 5.74) is 4.68. The summed E-state index contributed by atoms with van der Waals surface area (Å²) < 4.78 is 5.62. The highest BCUT2D eigenvalue weighted by Crippen LogP contribution is 2.44. The SMILES string of the molecule is CC(C)[C@@H](CC(=O)O)NC(=O)[C@H]1CC[C@@H](NC(=O)OCC2c3ccccc3-c3ccccc32)C1. The molecule has 0 saturated heterocycles. The first-order valence-corrected chi connectivity index (χ1v) is 12.0. The van der Waals surface area contributed by atoms with E-state index in [-0.39, 0.29) is 42.7 Å². The lowest BCUT2D eigenvalue weighted by atomic mass is 9.98. The number of amides is 2. The fraction of sp³-hybridized carbons (Fsp3) is 0.444. The Balaban J connectivity index is 1.29. The number of carbonyl (C=O) groups is 3. The fourth-order valence-electron chi connectivity index (χ4n) is 5.10. The van der Waals surface area contributed by atoms with E-state index in [1.54, 1.807) is 0 Å². The lowest BCUT2D eigenvalue weighted by Crippen LogP contribution is -2.43. The van der Waals surface area contributed by atoms with Crippen LogP contribution in [0, 0.1) is 11.8 Å². The van der Waals surface area contributed by atoms with Gasteiger partial charge >= 0.3 is 12.1 Å². The van der Waals surface area contributed by atoms with Gasteiger partial charge in [0.1, 0.15) is 6.61 Å². The quantitative estimate of drug-likeness (QED) is 0.540. The molecule has 2 amide bonds. The topological polar surface area (TPSA) is 105 Å². The van der Waals surface area contributed by atoms with Gasteiger partial charge in [-0.1, -0.05) is 62.4 Å². The standard InChI is InChI=1S/C27H32N2O5/c1-16(2)24(14-25(30)31)29-26(32)17-11-12-18(13-17)28-27(33)34-15-23-21-9-5-3-7-19(21)20-8-4-6-10-22(20)23/h3-10,16-18,23-24H,11-15H2,1-2H3,(H,28,33)(H,29,32)(H,30,31)/t17-,18+,24+/m0/s1. The number of rotatable bonds is 8. The number of hydrogen-bond donors (Lipinski definition) is 3. The van der Waals surface area contributed by atoms with Crippen LogP contribution >= 0.6 is 0 Å². The molecule has 2 aliphatic rings. The van der Waals surface area contributed by atoms with Crippen LogP contribution in [0.1, 0.15) is 56.6 Å². The molecule has 7 nitrogen and oxygen atoms in total. The van der Waals surface area contributed by atoms with E-state index in [2.05, 4.69) is 34.9 Å². The molecule has 2 aromatic rings. The van der Waals surface area contributed by atoms with Gasteiger partial charge in [0.2, 0.25) is 5.91 Å². The van der Waals surface area contributed by atoms with Crippen molar-refractivity contribution in [1.82, 2.24) is 10.6 Å². The number of hydrogen-bond acceptors (Lipinski definition) is 4. The average Bonchev–Trinajstić information content (AvgIpc) is 3.39. The minimum Gasteiger partial charge on any atom is -0.481 e. The predicted octanol–water partition coefficient (Wildman–Crippen LogP) is 4.31. The smallest absolute Gasteiger partial charge is 0.407 e. The first-order chi connectivity index (χ1) is 16.3. The molecule has 1 fully saturated rings. The molecular weight excluding hydrogens is 432 g/mol. The van der Waals surface area contributed by atoms with Crippen molar-refractivity contribution in [3.05, 3.63) is 59.7 Å². The fourth-order valence-corrected chi connectivity index (χ4v) is 5.10. The number of benzene rings is 2. The summed E-state index contributed by atoms with van der Waals surface area (Å²) in [6.07, 6.45) is 1.29. The number of carbonyl (C=O) groups excluding carboxylic acids is 2. The second-order valence-corrected chi connectivity index (χ2v) is 9.63. The van der Waals surface area contributed by atoms with E-state index in [1.165, 1.54) is 11.1 Å². The van der Waals surface area contributed by atoms with Crippen molar-refractivity contribution >= 4 is 18.0 Å². The van der Waals surface area contributed by atoms with Gasteiger partial charge in [-0.2, -0.15) is 0 Å². The number of fused-ring (bicyclic) bond motifs is 3. The van der Waals surface area contributed by atoms with Crippen molar-refractivity contribution in [2.75, 3.05) is 6.61 Å². The van der Waals surface area contributed by atoms with Gasteiger partial charge in [0, 0.05) is 23.9 Å². The van der Waals surface area contributed by atoms with Crippen molar-refractivity contribution in [3.63, 3.8) is 0 Å². The summed E-state index contributed by atoms with van der Waals surface area (Å²) in [5.74, 6) is -1.29. The molecule has 0 bridgehead atoms. The number of ether oxygens (including phenoxy) is 1. The maximum atomic E-state index is 12.7. The molecule has 3 atom stereocenters. The van der Waals surface area contributed by atoms with Crippen molar-refractivity contribution in [2.45, 2.75) is 57.5 Å². The molecule has 180 valence electrons. The second-order valence-electron chi connectivity index (χ2n) is 9.63. The van der Waals surface area contributed by atoms with Gasteiger partial charge in [0.25, 0.3) is 0 Å². The Morgan fingerprint density at radius 3 is 2.21 bits per heavy atom. The number of aliphatic carboxylic acids is 1. The maximum absolute atomic E-state index is 12.7. The molecule has 34 heavy (non-hydrogen) atoms. The highest BCUT2D eigenvalue weighted by Gasteiger charge is 2.33. The van der Waals surface area contributed by atoms with E-state index in [0.717, 1.165) is 11.1 Å². The third-order valence-corrected chi connectivity index (χ3v) is 7.00. The summed E-state index contributed by atoms with van der Waals surface area (Å²) in [7, 11) is 0. The molecule has 2 aromatic carbocycles. The number of alkyl carbamates (subject to hydrolysis) is 1. The van der Waals surface area contributed by atoms with Gasteiger partial charge in [-0.15, -0.1) is 0 Å². The van der Waals surface area contributed by atoms with E-state index in [4.69, 9.17) is 9.84 Å². The zero-order valence-corrected chi connectivity index (χ0v) is 19.6. The molecule has 0 unspecified atom stereocenters. The van der Waals surface area contributed by atoms with Crippen LogP contribution in [0.4, 0.5) is 4.79 Å². The minimum absolute atomic E-state index is 0.00227. The zero-order valence-electron chi connectivity index (χ0n) is 19.6. The van der Waals surface area contributed by atoms with Crippen LogP contribution in [0.5, 0.6) is 0 Å². The van der Waals surface area contributed by atoms with Gasteiger partial charge < -0.3 is 20.5 Å². The largest absolute Gasteiger partial charge is 0.481 e. The summed E-state index contributed by atoms with van der Waals surface area (Å²) in [5, 5.41) is 14.9. The monoisotopic (exact) mass is 464 g/mol. The number of carboxylic acid groups (broad SMARTS) is 1. The van der Waals surface area contributed by atoms with Crippen LogP contribution in [-0.4, -0.2) is 41.8 Å². The van der Waals surface area contributed by atoms with Crippen LogP contribution in [0.3, 0.4) is 0 Å². The third-order valence-electron chi connectivity index (χ3n) is 7.00. The van der Waals surface area contributed by atoms with Crippen LogP contribution in [-0.2, 0) is 14.3 Å². The average molecular weight is 465 g/mol. The molecule has 0 aliphatic heterocycles. The van der Waals surface area contributed by atoms with E-state index < -0.39 is 18.1 Å². The second kappa shape index (κ2) is 10.3. The van der Waals surface area contributed by atoms with Crippen molar-refractivity contribution in [2.24, 2.45) is 11.8 Å². The Morgan fingerprint density at radius 1 is 1.00 bits per heavy atom. The van der Waals surface area contributed by atoms with E-state index in [1.807, 2.05) is 38.1 Å². The van der Waals surface area contributed by atoms with E-state index in [9.17, 15) is 14.4 Å². The van der Waals surface area contributed by atoms with E-state index >= 15 is 0 Å². The van der Waals surface area contributed by atoms with Gasteiger partial charge in [0.05, 0.1) is 6.42 Å². The molecule has 7 heteroatoms. The number of carboxylic acids is 1. The van der Waals surface area contributed by atoms with Gasteiger partial charge in [0.15, 0.2) is 0 Å². The Labute approximate surface area is 199 Å². The molecule has 0 aromatic heterocycles. The van der Waals surface area contributed by atoms with Crippen LogP contribution < -0.4 is 10.6 Å². The van der Waals surface area contributed by atoms with E-state index in [0.29, 0.717) is 19.3 Å². The summed E-state index contributed by atoms with van der Waals surface area (Å²) >= 11 is 0.